The van der Waals surface area contributed by atoms with E-state index in [9.17, 15) is 9.90 Å². The number of rotatable bonds is 7. The minimum atomic E-state index is -0.541. The Bertz CT molecular complexity index is 1690. The topological polar surface area (TPSA) is 122 Å². The zero-order chi connectivity index (χ0) is 32.3. The Kier molecular flexibility index (Phi) is 9.26. The molecule has 1 saturated heterocycles. The first-order valence-electron chi connectivity index (χ1n) is 16.3. The molecule has 2 aliphatic rings. The van der Waals surface area contributed by atoms with E-state index in [2.05, 4.69) is 44.9 Å². The third-order valence-corrected chi connectivity index (χ3v) is 8.59. The number of pyridine rings is 1. The SMILES string of the molecule is Cc1ccc2c(NC3CCCCC3O)cccc2c1Oc1ncccc1-c1ccnc(NC2CCCN(C(=O)OC(C)(C)C)C2)n1. The first kappa shape index (κ1) is 31.5. The molecule has 1 aliphatic heterocycles. The number of piperidine rings is 1. The number of nitrogens with one attached hydrogen (secondary N) is 2. The predicted octanol–water partition coefficient (Wildman–Crippen LogP) is 7.32. The lowest BCUT2D eigenvalue weighted by Gasteiger charge is -2.34. The number of aromatic nitrogens is 3. The van der Waals surface area contributed by atoms with E-state index in [1.165, 1.54) is 0 Å². The Hall–Kier alpha value is -4.44. The van der Waals surface area contributed by atoms with E-state index < -0.39 is 5.60 Å². The molecule has 0 spiro atoms. The molecule has 3 atom stereocenters. The number of amides is 1. The molecule has 10 nitrogen and oxygen atoms in total. The summed E-state index contributed by atoms with van der Waals surface area (Å²) in [4.78, 5) is 28.3. The Labute approximate surface area is 270 Å². The van der Waals surface area contributed by atoms with Crippen molar-refractivity contribution in [3.05, 3.63) is 66.5 Å². The average Bonchev–Trinajstić information content (AvgIpc) is 3.03. The molecule has 3 heterocycles. The summed E-state index contributed by atoms with van der Waals surface area (Å²) in [6, 6.07) is 16.0. The zero-order valence-corrected chi connectivity index (χ0v) is 27.1. The van der Waals surface area contributed by atoms with Gasteiger partial charge in [0.1, 0.15) is 11.4 Å². The number of carbonyl (C=O) groups excluding carboxylic acids is 1. The number of aliphatic hydroxyl groups excluding tert-OH is 1. The fourth-order valence-electron chi connectivity index (χ4n) is 6.29. The second-order valence-corrected chi connectivity index (χ2v) is 13.3. The first-order valence-corrected chi connectivity index (χ1v) is 16.3. The van der Waals surface area contributed by atoms with Crippen LogP contribution in [0.25, 0.3) is 22.0 Å². The summed E-state index contributed by atoms with van der Waals surface area (Å²) < 4.78 is 12.2. The number of carbonyl (C=O) groups is 1. The normalized spacial score (nSPS) is 20.3. The summed E-state index contributed by atoms with van der Waals surface area (Å²) in [6.07, 6.45) is 8.48. The number of anilines is 2. The summed E-state index contributed by atoms with van der Waals surface area (Å²) in [5.74, 6) is 1.64. The molecule has 0 bridgehead atoms. The van der Waals surface area contributed by atoms with Crippen LogP contribution >= 0.6 is 0 Å². The number of benzene rings is 2. The van der Waals surface area contributed by atoms with Crippen molar-refractivity contribution in [2.24, 2.45) is 0 Å². The largest absolute Gasteiger partial charge is 0.444 e. The Morgan fingerprint density at radius 1 is 0.935 bits per heavy atom. The lowest BCUT2D eigenvalue weighted by Crippen LogP contribution is -2.47. The maximum atomic E-state index is 12.7. The van der Waals surface area contributed by atoms with Crippen LogP contribution in [0.15, 0.2) is 60.9 Å². The maximum Gasteiger partial charge on any atom is 0.410 e. The van der Waals surface area contributed by atoms with Crippen molar-refractivity contribution >= 4 is 28.5 Å². The molecule has 1 aliphatic carbocycles. The van der Waals surface area contributed by atoms with E-state index in [-0.39, 0.29) is 24.3 Å². The van der Waals surface area contributed by atoms with Crippen LogP contribution in [-0.2, 0) is 4.74 Å². The first-order chi connectivity index (χ1) is 22.1. The minimum Gasteiger partial charge on any atom is -0.444 e. The summed E-state index contributed by atoms with van der Waals surface area (Å²) in [5, 5.41) is 19.6. The highest BCUT2D eigenvalue weighted by atomic mass is 16.6. The van der Waals surface area contributed by atoms with Crippen LogP contribution in [0.3, 0.4) is 0 Å². The van der Waals surface area contributed by atoms with Crippen LogP contribution in [0.4, 0.5) is 16.4 Å². The lowest BCUT2D eigenvalue weighted by molar-refractivity contribution is 0.0206. The highest BCUT2D eigenvalue weighted by molar-refractivity contribution is 5.98. The molecule has 2 fully saturated rings. The molecule has 6 rings (SSSR count). The van der Waals surface area contributed by atoms with Crippen molar-refractivity contribution in [3.63, 3.8) is 0 Å². The molecule has 1 saturated carbocycles. The number of hydrogen-bond donors (Lipinski definition) is 3. The molecule has 242 valence electrons. The van der Waals surface area contributed by atoms with Crippen molar-refractivity contribution in [3.8, 4) is 22.9 Å². The number of aliphatic hydroxyl groups is 1. The summed E-state index contributed by atoms with van der Waals surface area (Å²) in [6.45, 7) is 8.83. The van der Waals surface area contributed by atoms with Gasteiger partial charge in [-0.3, -0.25) is 0 Å². The van der Waals surface area contributed by atoms with Gasteiger partial charge >= 0.3 is 6.09 Å². The second-order valence-electron chi connectivity index (χ2n) is 13.3. The van der Waals surface area contributed by atoms with Crippen molar-refractivity contribution < 1.29 is 19.4 Å². The van der Waals surface area contributed by atoms with Crippen LogP contribution in [0, 0.1) is 6.92 Å². The molecule has 0 radical (unpaired) electrons. The molecular formula is C36H44N6O4. The van der Waals surface area contributed by atoms with Crippen molar-refractivity contribution in [1.82, 2.24) is 19.9 Å². The van der Waals surface area contributed by atoms with Gasteiger partial charge < -0.3 is 30.1 Å². The quantitative estimate of drug-likeness (QED) is 0.194. The minimum absolute atomic E-state index is 0.00278. The van der Waals surface area contributed by atoms with Gasteiger partial charge in [-0.05, 0) is 83.2 Å². The van der Waals surface area contributed by atoms with E-state index in [1.54, 1.807) is 17.3 Å². The van der Waals surface area contributed by atoms with E-state index in [1.807, 2.05) is 52.0 Å². The number of ether oxygens (including phenoxy) is 2. The highest BCUT2D eigenvalue weighted by Crippen LogP contribution is 2.39. The number of fused-ring (bicyclic) bond motifs is 1. The van der Waals surface area contributed by atoms with Crippen LogP contribution in [0.5, 0.6) is 11.6 Å². The van der Waals surface area contributed by atoms with E-state index in [0.29, 0.717) is 30.6 Å². The number of aryl methyl sites for hydroxylation is 1. The van der Waals surface area contributed by atoms with Gasteiger partial charge in [0.15, 0.2) is 0 Å². The van der Waals surface area contributed by atoms with Crippen LogP contribution in [-0.4, -0.2) is 67.9 Å². The summed E-state index contributed by atoms with van der Waals surface area (Å²) >= 11 is 0. The molecule has 2 aromatic heterocycles. The third-order valence-electron chi connectivity index (χ3n) is 8.59. The number of likely N-dealkylation sites (tertiary alicyclic amines) is 1. The van der Waals surface area contributed by atoms with E-state index >= 15 is 0 Å². The molecule has 46 heavy (non-hydrogen) atoms. The summed E-state index contributed by atoms with van der Waals surface area (Å²) in [5.41, 5.74) is 2.83. The van der Waals surface area contributed by atoms with Gasteiger partial charge in [-0.1, -0.05) is 37.1 Å². The molecular weight excluding hydrogens is 580 g/mol. The Morgan fingerprint density at radius 2 is 1.78 bits per heavy atom. The fourth-order valence-corrected chi connectivity index (χ4v) is 6.29. The van der Waals surface area contributed by atoms with Gasteiger partial charge in [-0.25, -0.2) is 19.7 Å². The van der Waals surface area contributed by atoms with E-state index in [4.69, 9.17) is 14.5 Å². The molecule has 1 amide bonds. The van der Waals surface area contributed by atoms with Crippen molar-refractivity contribution in [2.75, 3.05) is 23.7 Å². The van der Waals surface area contributed by atoms with Crippen molar-refractivity contribution in [2.45, 2.75) is 90.0 Å². The van der Waals surface area contributed by atoms with Gasteiger partial charge in [-0.15, -0.1) is 0 Å². The highest BCUT2D eigenvalue weighted by Gasteiger charge is 2.28. The van der Waals surface area contributed by atoms with Crippen molar-refractivity contribution in [1.29, 1.82) is 0 Å². The number of hydrogen-bond acceptors (Lipinski definition) is 9. The van der Waals surface area contributed by atoms with E-state index in [0.717, 1.165) is 71.9 Å². The Balaban J connectivity index is 1.23. The van der Waals surface area contributed by atoms with Crippen LogP contribution in [0.2, 0.25) is 0 Å². The van der Waals surface area contributed by atoms with Gasteiger partial charge in [0.25, 0.3) is 0 Å². The molecule has 3 unspecified atom stereocenters. The summed E-state index contributed by atoms with van der Waals surface area (Å²) in [7, 11) is 0. The third kappa shape index (κ3) is 7.33. The fraction of sp³-hybridized carbons (Fsp3) is 0.444. The second kappa shape index (κ2) is 13.5. The molecule has 10 heteroatoms. The smallest absolute Gasteiger partial charge is 0.410 e. The molecule has 4 aromatic rings. The lowest BCUT2D eigenvalue weighted by atomic mass is 9.92. The molecule has 2 aromatic carbocycles. The van der Waals surface area contributed by atoms with Crippen LogP contribution < -0.4 is 15.4 Å². The van der Waals surface area contributed by atoms with Gasteiger partial charge in [0.05, 0.1) is 23.4 Å². The van der Waals surface area contributed by atoms with Gasteiger partial charge in [0, 0.05) is 48.0 Å². The predicted molar refractivity (Wildman–Crippen MR) is 180 cm³/mol. The Morgan fingerprint density at radius 3 is 2.61 bits per heavy atom. The average molecular weight is 625 g/mol. The molecule has 3 N–H and O–H groups in total. The van der Waals surface area contributed by atoms with Crippen LogP contribution in [0.1, 0.15) is 64.9 Å². The standard InChI is InChI=1S/C36H44N6O4/c1-23-16-17-25-26(11-7-14-28(25)40-30-13-5-6-15-31(30)43)32(23)45-33-27(12-8-19-37-33)29-18-20-38-34(41-29)39-24-10-9-21-42(22-24)35(44)46-36(2,3)4/h7-8,11-12,14,16-20,24,30-31,40,43H,5-6,9-10,13,15,21-22H2,1-4H3,(H,38,39,41). The number of nitrogens with zero attached hydrogens (tertiary/aromatic N) is 4. The monoisotopic (exact) mass is 624 g/mol. The maximum absolute atomic E-state index is 12.7. The van der Waals surface area contributed by atoms with Gasteiger partial charge in [-0.2, -0.15) is 0 Å². The van der Waals surface area contributed by atoms with Gasteiger partial charge in [0.2, 0.25) is 11.8 Å². The zero-order valence-electron chi connectivity index (χ0n) is 27.1.